The Balaban J connectivity index is 1.85. The Labute approximate surface area is 161 Å². The number of aromatic nitrogens is 2. The number of ether oxygens (including phenoxy) is 1. The van der Waals surface area contributed by atoms with Crippen LogP contribution in [-0.2, 0) is 9.53 Å². The van der Waals surface area contributed by atoms with Crippen LogP contribution in [-0.4, -0.2) is 47.2 Å². The lowest BCUT2D eigenvalue weighted by atomic mass is 10.2. The van der Waals surface area contributed by atoms with E-state index in [1.165, 1.54) is 13.2 Å². The Morgan fingerprint density at radius 2 is 2.15 bits per heavy atom. The van der Waals surface area contributed by atoms with Gasteiger partial charge in [0, 0.05) is 24.9 Å². The van der Waals surface area contributed by atoms with Crippen LogP contribution in [0.1, 0.15) is 5.56 Å². The van der Waals surface area contributed by atoms with Gasteiger partial charge in [-0.25, -0.2) is 4.68 Å². The molecule has 1 aromatic carbocycles. The fourth-order valence-electron chi connectivity index (χ4n) is 2.58. The van der Waals surface area contributed by atoms with Crippen LogP contribution in [0.2, 0.25) is 0 Å². The van der Waals surface area contributed by atoms with Gasteiger partial charge in [0.05, 0.1) is 29.8 Å². The maximum absolute atomic E-state index is 12.1. The molecule has 1 unspecified atom stereocenters. The molecule has 3 rings (SSSR count). The Kier molecular flexibility index (Phi) is 6.54. The second-order valence-electron chi connectivity index (χ2n) is 5.87. The highest BCUT2D eigenvalue weighted by molar-refractivity contribution is 7.13. The molecule has 27 heavy (non-hydrogen) atoms. The van der Waals surface area contributed by atoms with Crippen molar-refractivity contribution in [1.82, 2.24) is 15.1 Å². The zero-order valence-corrected chi connectivity index (χ0v) is 15.7. The number of carbonyl (C=O) groups is 1. The van der Waals surface area contributed by atoms with E-state index in [2.05, 4.69) is 5.32 Å². The zero-order chi connectivity index (χ0) is 19.1. The van der Waals surface area contributed by atoms with Crippen molar-refractivity contribution < 1.29 is 14.6 Å². The van der Waals surface area contributed by atoms with Gasteiger partial charge in [0.25, 0.3) is 0 Å². The molecule has 0 saturated heterocycles. The number of aliphatic hydroxyl groups is 1. The number of carbonyl (C=O) groups excluding carboxylic acids is 1. The van der Waals surface area contributed by atoms with E-state index in [1.807, 2.05) is 54.0 Å². The molecule has 0 fully saturated rings. The van der Waals surface area contributed by atoms with Crippen LogP contribution in [0.3, 0.4) is 0 Å². The van der Waals surface area contributed by atoms with Gasteiger partial charge in [0.15, 0.2) is 0 Å². The number of benzene rings is 1. The first-order valence-corrected chi connectivity index (χ1v) is 9.36. The van der Waals surface area contributed by atoms with Crippen LogP contribution in [0.25, 0.3) is 22.3 Å². The monoisotopic (exact) mass is 383 g/mol. The molecular weight excluding hydrogens is 362 g/mol. The molecule has 0 aliphatic heterocycles. The lowest BCUT2D eigenvalue weighted by Crippen LogP contribution is -2.39. The van der Waals surface area contributed by atoms with Gasteiger partial charge in [-0.05, 0) is 29.7 Å². The maximum Gasteiger partial charge on any atom is 0.244 e. The Bertz CT molecular complexity index is 889. The third-order valence-electron chi connectivity index (χ3n) is 3.87. The minimum atomic E-state index is -0.434. The van der Waals surface area contributed by atoms with Crippen molar-refractivity contribution in [2.24, 2.45) is 0 Å². The van der Waals surface area contributed by atoms with Crippen LogP contribution in [0.5, 0.6) is 0 Å². The van der Waals surface area contributed by atoms with E-state index in [0.29, 0.717) is 0 Å². The molecule has 6 nitrogen and oxygen atoms in total. The van der Waals surface area contributed by atoms with Crippen molar-refractivity contribution in [2.45, 2.75) is 6.04 Å². The summed E-state index contributed by atoms with van der Waals surface area (Å²) in [5.74, 6) is -0.296. The maximum atomic E-state index is 12.1. The second-order valence-corrected chi connectivity index (χ2v) is 6.81. The summed E-state index contributed by atoms with van der Waals surface area (Å²) in [6.07, 6.45) is 5.08. The fraction of sp³-hybridized carbons (Fsp3) is 0.200. The summed E-state index contributed by atoms with van der Waals surface area (Å²) in [6, 6.07) is 13.3. The van der Waals surface area contributed by atoms with E-state index in [1.54, 1.807) is 22.1 Å². The van der Waals surface area contributed by atoms with Crippen LogP contribution in [0.4, 0.5) is 0 Å². The molecule has 7 heteroatoms. The molecule has 140 valence electrons. The number of rotatable bonds is 8. The van der Waals surface area contributed by atoms with E-state index in [-0.39, 0.29) is 19.1 Å². The van der Waals surface area contributed by atoms with Crippen molar-refractivity contribution in [3.05, 3.63) is 65.7 Å². The van der Waals surface area contributed by atoms with E-state index < -0.39 is 6.04 Å². The Hall–Kier alpha value is -2.74. The number of amides is 1. The molecule has 2 aromatic heterocycles. The van der Waals surface area contributed by atoms with Gasteiger partial charge in [-0.1, -0.05) is 24.3 Å². The summed E-state index contributed by atoms with van der Waals surface area (Å²) < 4.78 is 6.77. The molecule has 0 saturated carbocycles. The average molecular weight is 383 g/mol. The van der Waals surface area contributed by atoms with Crippen molar-refractivity contribution in [2.75, 3.05) is 20.3 Å². The Morgan fingerprint density at radius 3 is 2.81 bits per heavy atom. The largest absolute Gasteiger partial charge is 0.394 e. The molecule has 0 bridgehead atoms. The lowest BCUT2D eigenvalue weighted by Gasteiger charge is -2.13. The molecule has 2 N–H and O–H groups in total. The number of nitrogens with zero attached hydrogens (tertiary/aromatic N) is 2. The van der Waals surface area contributed by atoms with Crippen molar-refractivity contribution in [3.63, 3.8) is 0 Å². The molecule has 1 atom stereocenters. The molecule has 1 amide bonds. The molecular formula is C20H21N3O3S. The standard InChI is InChI=1S/C20H21N3O3S/c1-26-14-16(13-24)21-19(25)10-9-15-12-23(17-6-3-2-4-7-17)22-20(15)18-8-5-11-27-18/h2-12,16,24H,13-14H2,1H3,(H,21,25). The first-order valence-electron chi connectivity index (χ1n) is 8.48. The highest BCUT2D eigenvalue weighted by Gasteiger charge is 2.13. The SMILES string of the molecule is COCC(CO)NC(=O)C=Cc1cn(-c2ccccc2)nc1-c1cccs1. The highest BCUT2D eigenvalue weighted by Crippen LogP contribution is 2.28. The molecule has 0 spiro atoms. The third kappa shape index (κ3) is 4.91. The van der Waals surface area contributed by atoms with Crippen LogP contribution >= 0.6 is 11.3 Å². The summed E-state index contributed by atoms with van der Waals surface area (Å²) in [6.45, 7) is 0.0717. The van der Waals surface area contributed by atoms with Gasteiger partial charge in [-0.2, -0.15) is 5.10 Å². The molecule has 0 aliphatic carbocycles. The van der Waals surface area contributed by atoms with Gasteiger partial charge in [-0.3, -0.25) is 4.79 Å². The number of nitrogens with one attached hydrogen (secondary N) is 1. The minimum Gasteiger partial charge on any atom is -0.394 e. The van der Waals surface area contributed by atoms with Gasteiger partial charge < -0.3 is 15.2 Å². The molecule has 2 heterocycles. The summed E-state index contributed by atoms with van der Waals surface area (Å²) in [4.78, 5) is 13.2. The summed E-state index contributed by atoms with van der Waals surface area (Å²) in [7, 11) is 1.52. The van der Waals surface area contributed by atoms with Crippen LogP contribution < -0.4 is 5.32 Å². The first kappa shape index (κ1) is 19.0. The number of thiophene rings is 1. The number of hydrogen-bond acceptors (Lipinski definition) is 5. The first-order chi connectivity index (χ1) is 13.2. The summed E-state index contributed by atoms with van der Waals surface area (Å²) >= 11 is 1.59. The predicted molar refractivity (Wildman–Crippen MR) is 107 cm³/mol. The van der Waals surface area contributed by atoms with Crippen LogP contribution in [0, 0.1) is 0 Å². The van der Waals surface area contributed by atoms with E-state index in [4.69, 9.17) is 9.84 Å². The Morgan fingerprint density at radius 1 is 1.33 bits per heavy atom. The van der Waals surface area contributed by atoms with Gasteiger partial charge in [0.2, 0.25) is 5.91 Å². The van der Waals surface area contributed by atoms with E-state index in [0.717, 1.165) is 21.8 Å². The van der Waals surface area contributed by atoms with Crippen molar-refractivity contribution in [1.29, 1.82) is 0 Å². The van der Waals surface area contributed by atoms with Gasteiger partial charge in [0.1, 0.15) is 5.69 Å². The number of hydrogen-bond donors (Lipinski definition) is 2. The van der Waals surface area contributed by atoms with Gasteiger partial charge >= 0.3 is 0 Å². The smallest absolute Gasteiger partial charge is 0.244 e. The zero-order valence-electron chi connectivity index (χ0n) is 14.9. The summed E-state index contributed by atoms with van der Waals surface area (Å²) in [5.41, 5.74) is 2.59. The second kappa shape index (κ2) is 9.27. The average Bonchev–Trinajstić information content (AvgIpc) is 3.36. The number of para-hydroxylation sites is 1. The molecule has 3 aromatic rings. The number of aliphatic hydroxyl groups excluding tert-OH is 1. The predicted octanol–water partition coefficient (Wildman–Crippen LogP) is 2.74. The van der Waals surface area contributed by atoms with Gasteiger partial charge in [-0.15, -0.1) is 11.3 Å². The third-order valence-corrected chi connectivity index (χ3v) is 4.74. The molecule has 0 radical (unpaired) electrons. The number of methoxy groups -OCH3 is 1. The fourth-order valence-corrected chi connectivity index (χ4v) is 3.31. The minimum absolute atomic E-state index is 0.181. The highest BCUT2D eigenvalue weighted by atomic mass is 32.1. The lowest BCUT2D eigenvalue weighted by molar-refractivity contribution is -0.117. The topological polar surface area (TPSA) is 76.4 Å². The quantitative estimate of drug-likeness (QED) is 0.587. The van der Waals surface area contributed by atoms with E-state index >= 15 is 0 Å². The normalized spacial score (nSPS) is 12.4. The molecule has 0 aliphatic rings. The van der Waals surface area contributed by atoms with Crippen LogP contribution in [0.15, 0.2) is 60.1 Å². The van der Waals surface area contributed by atoms with E-state index in [9.17, 15) is 9.90 Å². The van der Waals surface area contributed by atoms with Crippen molar-refractivity contribution in [3.8, 4) is 16.3 Å². The van der Waals surface area contributed by atoms with Crippen molar-refractivity contribution >= 4 is 23.3 Å². The summed E-state index contributed by atoms with van der Waals surface area (Å²) in [5, 5.41) is 18.6.